The number of hydrogen-bond donors (Lipinski definition) is 1. The van der Waals surface area contributed by atoms with Gasteiger partial charge in [-0.2, -0.15) is 0 Å². The molecule has 1 atom stereocenters. The molecule has 0 spiro atoms. The van der Waals surface area contributed by atoms with Gasteiger partial charge in [0.25, 0.3) is 0 Å². The third-order valence-electron chi connectivity index (χ3n) is 2.67. The van der Waals surface area contributed by atoms with Gasteiger partial charge in [0.1, 0.15) is 5.75 Å². The van der Waals surface area contributed by atoms with E-state index in [0.29, 0.717) is 12.2 Å². The Morgan fingerprint density at radius 1 is 1.22 bits per heavy atom. The first-order chi connectivity index (χ1) is 8.54. The standard InChI is InChI=1S/C15H16O3/c1-10(16)7-12-3-4-14-9-15(18-11(2)17)6-5-13(14)8-12/h3-6,8-10,16H,7H2,1-2H3. The van der Waals surface area contributed by atoms with Crippen molar-refractivity contribution in [2.45, 2.75) is 26.4 Å². The summed E-state index contributed by atoms with van der Waals surface area (Å²) in [6.45, 7) is 3.16. The van der Waals surface area contributed by atoms with Gasteiger partial charge < -0.3 is 9.84 Å². The normalized spacial score (nSPS) is 12.4. The van der Waals surface area contributed by atoms with Gasteiger partial charge in [0.05, 0.1) is 6.10 Å². The van der Waals surface area contributed by atoms with Crippen LogP contribution in [0.1, 0.15) is 19.4 Å². The second kappa shape index (κ2) is 5.19. The van der Waals surface area contributed by atoms with Crippen molar-refractivity contribution in [3.8, 4) is 5.75 Å². The maximum absolute atomic E-state index is 10.9. The Balaban J connectivity index is 2.32. The van der Waals surface area contributed by atoms with Crippen LogP contribution in [0.2, 0.25) is 0 Å². The Labute approximate surface area is 106 Å². The highest BCUT2D eigenvalue weighted by Crippen LogP contribution is 2.22. The summed E-state index contributed by atoms with van der Waals surface area (Å²) in [5.41, 5.74) is 1.10. The Hall–Kier alpha value is -1.87. The maximum atomic E-state index is 10.9. The van der Waals surface area contributed by atoms with Gasteiger partial charge in [-0.15, -0.1) is 0 Å². The fraction of sp³-hybridized carbons (Fsp3) is 0.267. The first-order valence-corrected chi connectivity index (χ1v) is 5.94. The third kappa shape index (κ3) is 3.08. The van der Waals surface area contributed by atoms with Crippen molar-refractivity contribution < 1.29 is 14.6 Å². The molecule has 18 heavy (non-hydrogen) atoms. The average Bonchev–Trinajstić information content (AvgIpc) is 2.27. The van der Waals surface area contributed by atoms with E-state index in [-0.39, 0.29) is 12.1 Å². The van der Waals surface area contributed by atoms with Crippen LogP contribution in [-0.2, 0) is 11.2 Å². The van der Waals surface area contributed by atoms with E-state index >= 15 is 0 Å². The van der Waals surface area contributed by atoms with E-state index in [0.717, 1.165) is 16.3 Å². The van der Waals surface area contributed by atoms with Crippen molar-refractivity contribution in [3.05, 3.63) is 42.0 Å². The van der Waals surface area contributed by atoms with Crippen LogP contribution in [0.25, 0.3) is 10.8 Å². The van der Waals surface area contributed by atoms with Crippen LogP contribution in [0.4, 0.5) is 0 Å². The van der Waals surface area contributed by atoms with E-state index in [4.69, 9.17) is 4.74 Å². The van der Waals surface area contributed by atoms with Crippen LogP contribution < -0.4 is 4.74 Å². The third-order valence-corrected chi connectivity index (χ3v) is 2.67. The molecule has 0 saturated heterocycles. The van der Waals surface area contributed by atoms with Crippen molar-refractivity contribution in [2.24, 2.45) is 0 Å². The minimum atomic E-state index is -0.345. The lowest BCUT2D eigenvalue weighted by molar-refractivity contribution is -0.131. The van der Waals surface area contributed by atoms with Gasteiger partial charge in [-0.1, -0.05) is 24.3 Å². The number of esters is 1. The predicted molar refractivity (Wildman–Crippen MR) is 70.6 cm³/mol. The quantitative estimate of drug-likeness (QED) is 0.667. The van der Waals surface area contributed by atoms with E-state index < -0.39 is 0 Å². The van der Waals surface area contributed by atoms with Crippen molar-refractivity contribution in [2.75, 3.05) is 0 Å². The van der Waals surface area contributed by atoms with Crippen LogP contribution in [0.15, 0.2) is 36.4 Å². The highest BCUT2D eigenvalue weighted by Gasteiger charge is 2.03. The number of aliphatic hydroxyl groups excluding tert-OH is 1. The highest BCUT2D eigenvalue weighted by atomic mass is 16.5. The summed E-state index contributed by atoms with van der Waals surface area (Å²) < 4.78 is 5.04. The number of fused-ring (bicyclic) bond motifs is 1. The Morgan fingerprint density at radius 3 is 2.56 bits per heavy atom. The predicted octanol–water partition coefficient (Wildman–Crippen LogP) is 2.69. The van der Waals surface area contributed by atoms with Gasteiger partial charge in [-0.25, -0.2) is 0 Å². The molecule has 2 aromatic rings. The number of aliphatic hydroxyl groups is 1. The molecule has 0 fully saturated rings. The van der Waals surface area contributed by atoms with Crippen LogP contribution in [0.5, 0.6) is 5.75 Å². The van der Waals surface area contributed by atoms with Gasteiger partial charge in [-0.05, 0) is 41.8 Å². The average molecular weight is 244 g/mol. The van der Waals surface area contributed by atoms with Gasteiger partial charge in [0.15, 0.2) is 0 Å². The monoisotopic (exact) mass is 244 g/mol. The molecule has 0 bridgehead atoms. The van der Waals surface area contributed by atoms with Gasteiger partial charge in [0, 0.05) is 6.92 Å². The molecule has 3 nitrogen and oxygen atoms in total. The van der Waals surface area contributed by atoms with Crippen LogP contribution in [0, 0.1) is 0 Å². The topological polar surface area (TPSA) is 46.5 Å². The molecule has 1 unspecified atom stereocenters. The lowest BCUT2D eigenvalue weighted by Gasteiger charge is -2.07. The number of carbonyl (C=O) groups is 1. The molecule has 94 valence electrons. The smallest absolute Gasteiger partial charge is 0.308 e. The minimum Gasteiger partial charge on any atom is -0.427 e. The number of benzene rings is 2. The first-order valence-electron chi connectivity index (χ1n) is 5.94. The van der Waals surface area contributed by atoms with E-state index in [2.05, 4.69) is 0 Å². The van der Waals surface area contributed by atoms with E-state index in [9.17, 15) is 9.90 Å². The van der Waals surface area contributed by atoms with E-state index in [1.807, 2.05) is 30.3 Å². The fourth-order valence-corrected chi connectivity index (χ4v) is 1.97. The molecule has 0 aromatic heterocycles. The van der Waals surface area contributed by atoms with Gasteiger partial charge in [-0.3, -0.25) is 4.79 Å². The molecule has 0 radical (unpaired) electrons. The summed E-state index contributed by atoms with van der Waals surface area (Å²) in [5, 5.41) is 11.5. The lowest BCUT2D eigenvalue weighted by atomic mass is 10.0. The summed E-state index contributed by atoms with van der Waals surface area (Å²) in [6, 6.07) is 11.5. The van der Waals surface area contributed by atoms with Crippen molar-refractivity contribution in [1.82, 2.24) is 0 Å². The van der Waals surface area contributed by atoms with Crippen LogP contribution in [0.3, 0.4) is 0 Å². The molecular formula is C15H16O3. The summed E-state index contributed by atoms with van der Waals surface area (Å²) in [4.78, 5) is 10.9. The zero-order valence-corrected chi connectivity index (χ0v) is 10.5. The molecular weight excluding hydrogens is 228 g/mol. The first kappa shape index (κ1) is 12.6. The van der Waals surface area contributed by atoms with Gasteiger partial charge >= 0.3 is 5.97 Å². The fourth-order valence-electron chi connectivity index (χ4n) is 1.97. The number of carbonyl (C=O) groups excluding carboxylic acids is 1. The number of ether oxygens (including phenoxy) is 1. The van der Waals surface area contributed by atoms with Crippen molar-refractivity contribution in [1.29, 1.82) is 0 Å². The Morgan fingerprint density at radius 2 is 1.89 bits per heavy atom. The van der Waals surface area contributed by atoms with Gasteiger partial charge in [0.2, 0.25) is 0 Å². The maximum Gasteiger partial charge on any atom is 0.308 e. The Kier molecular flexibility index (Phi) is 3.63. The minimum absolute atomic E-state index is 0.319. The summed E-state index contributed by atoms with van der Waals surface area (Å²) in [6.07, 6.45) is 0.296. The molecule has 0 aliphatic rings. The highest BCUT2D eigenvalue weighted by molar-refractivity contribution is 5.85. The van der Waals surface area contributed by atoms with E-state index in [1.54, 1.807) is 13.0 Å². The van der Waals surface area contributed by atoms with Crippen molar-refractivity contribution >= 4 is 16.7 Å². The second-order valence-corrected chi connectivity index (χ2v) is 4.49. The molecule has 0 saturated carbocycles. The SMILES string of the molecule is CC(=O)Oc1ccc2cc(CC(C)O)ccc2c1. The Bertz CT molecular complexity index is 573. The van der Waals surface area contributed by atoms with Crippen molar-refractivity contribution in [3.63, 3.8) is 0 Å². The zero-order valence-electron chi connectivity index (χ0n) is 10.5. The largest absolute Gasteiger partial charge is 0.427 e. The molecule has 0 amide bonds. The molecule has 0 aliphatic carbocycles. The molecule has 2 rings (SSSR count). The molecule has 0 aliphatic heterocycles. The molecule has 1 N–H and O–H groups in total. The summed E-state index contributed by atoms with van der Waals surface area (Å²) >= 11 is 0. The number of rotatable bonds is 3. The van der Waals surface area contributed by atoms with Crippen LogP contribution in [-0.4, -0.2) is 17.2 Å². The molecule has 3 heteroatoms. The zero-order chi connectivity index (χ0) is 13.1. The molecule has 0 heterocycles. The molecule has 2 aromatic carbocycles. The van der Waals surface area contributed by atoms with Crippen LogP contribution >= 0.6 is 0 Å². The summed E-state index contributed by atoms with van der Waals surface area (Å²) in [5.74, 6) is 0.235. The lowest BCUT2D eigenvalue weighted by Crippen LogP contribution is -2.04. The van der Waals surface area contributed by atoms with E-state index in [1.165, 1.54) is 6.92 Å². The number of hydrogen-bond acceptors (Lipinski definition) is 3. The summed E-state index contributed by atoms with van der Waals surface area (Å²) in [7, 11) is 0. The second-order valence-electron chi connectivity index (χ2n) is 4.49.